The summed E-state index contributed by atoms with van der Waals surface area (Å²) in [7, 11) is 1.52. The Morgan fingerprint density at radius 1 is 1.10 bits per heavy atom. The van der Waals surface area contributed by atoms with Crippen molar-refractivity contribution < 1.29 is 31.9 Å². The lowest BCUT2D eigenvalue weighted by Crippen LogP contribution is -2.39. The summed E-state index contributed by atoms with van der Waals surface area (Å²) in [6.07, 6.45) is -0.406. The summed E-state index contributed by atoms with van der Waals surface area (Å²) in [6.45, 7) is 0.118. The predicted molar refractivity (Wildman–Crippen MR) is 95.3 cm³/mol. The minimum Gasteiger partial charge on any atom is -0.497 e. The van der Waals surface area contributed by atoms with Crippen molar-refractivity contribution in [2.75, 3.05) is 12.1 Å². The van der Waals surface area contributed by atoms with Gasteiger partial charge in [-0.3, -0.25) is 9.59 Å². The number of hydrogen-bond donors (Lipinski definition) is 1. The van der Waals surface area contributed by atoms with Crippen molar-refractivity contribution in [1.82, 2.24) is 5.32 Å². The highest BCUT2D eigenvalue weighted by Gasteiger charge is 2.32. The molecule has 0 unspecified atom stereocenters. The molecule has 6 nitrogen and oxygen atoms in total. The molecule has 0 fully saturated rings. The van der Waals surface area contributed by atoms with Crippen LogP contribution in [0.25, 0.3) is 0 Å². The molecule has 0 saturated heterocycles. The maximum Gasteiger partial charge on any atom is 0.267 e. The summed E-state index contributed by atoms with van der Waals surface area (Å²) in [5.74, 6) is -7.87. The quantitative estimate of drug-likeness (QED) is 0.610. The molecular formula is C19H15F4N3O3. The number of rotatable bonds is 5. The second-order valence-electron chi connectivity index (χ2n) is 6.10. The molecule has 1 heterocycles. The van der Waals surface area contributed by atoms with Gasteiger partial charge in [0, 0.05) is 25.5 Å². The van der Waals surface area contributed by atoms with E-state index in [2.05, 4.69) is 10.4 Å². The van der Waals surface area contributed by atoms with Crippen molar-refractivity contribution in [3.05, 3.63) is 59.2 Å². The molecule has 10 heteroatoms. The Hall–Kier alpha value is -3.43. The van der Waals surface area contributed by atoms with Crippen LogP contribution in [0.2, 0.25) is 0 Å². The van der Waals surface area contributed by atoms with E-state index >= 15 is 0 Å². The molecule has 0 bridgehead atoms. The van der Waals surface area contributed by atoms with E-state index in [1.165, 1.54) is 7.11 Å². The highest BCUT2D eigenvalue weighted by Crippen LogP contribution is 2.30. The summed E-state index contributed by atoms with van der Waals surface area (Å²) in [6, 6.07) is 6.86. The number of benzene rings is 2. The molecular weight excluding hydrogens is 394 g/mol. The molecule has 0 aromatic heterocycles. The molecule has 0 atom stereocenters. The minimum atomic E-state index is -1.78. The first-order valence-corrected chi connectivity index (χ1v) is 8.46. The molecule has 29 heavy (non-hydrogen) atoms. The molecule has 2 aromatic carbocycles. The van der Waals surface area contributed by atoms with Gasteiger partial charge < -0.3 is 10.1 Å². The molecule has 1 aliphatic rings. The molecule has 0 spiro atoms. The number of nitrogens with one attached hydrogen (secondary N) is 1. The van der Waals surface area contributed by atoms with Crippen molar-refractivity contribution in [2.24, 2.45) is 5.10 Å². The van der Waals surface area contributed by atoms with Crippen LogP contribution in [0.1, 0.15) is 18.4 Å². The fourth-order valence-electron chi connectivity index (χ4n) is 2.67. The number of methoxy groups -OCH3 is 1. The van der Waals surface area contributed by atoms with Crippen molar-refractivity contribution in [2.45, 2.75) is 19.4 Å². The monoisotopic (exact) mass is 409 g/mol. The van der Waals surface area contributed by atoms with Crippen molar-refractivity contribution in [1.29, 1.82) is 0 Å². The lowest BCUT2D eigenvalue weighted by Gasteiger charge is -2.24. The van der Waals surface area contributed by atoms with Crippen molar-refractivity contribution in [3.63, 3.8) is 0 Å². The first-order valence-electron chi connectivity index (χ1n) is 8.46. The largest absolute Gasteiger partial charge is 0.497 e. The Labute approximate surface area is 162 Å². The Bertz CT molecular complexity index is 967. The van der Waals surface area contributed by atoms with E-state index in [9.17, 15) is 27.2 Å². The van der Waals surface area contributed by atoms with E-state index in [1.54, 1.807) is 24.3 Å². The number of amides is 2. The van der Waals surface area contributed by atoms with Crippen LogP contribution >= 0.6 is 0 Å². The van der Waals surface area contributed by atoms with E-state index in [0.29, 0.717) is 5.75 Å². The molecule has 3 rings (SSSR count). The molecule has 2 amide bonds. The van der Waals surface area contributed by atoms with Crippen LogP contribution in [0.5, 0.6) is 5.75 Å². The first-order chi connectivity index (χ1) is 13.8. The number of carbonyl (C=O) groups excluding carboxylic acids is 2. The zero-order valence-electron chi connectivity index (χ0n) is 15.1. The predicted octanol–water partition coefficient (Wildman–Crippen LogP) is 3.05. The Morgan fingerprint density at radius 3 is 2.31 bits per heavy atom. The summed E-state index contributed by atoms with van der Waals surface area (Å²) in [4.78, 5) is 24.4. The van der Waals surface area contributed by atoms with Crippen LogP contribution in [-0.4, -0.2) is 24.6 Å². The van der Waals surface area contributed by atoms with Crippen molar-refractivity contribution in [3.8, 4) is 5.75 Å². The number of ether oxygens (including phenoxy) is 1. The number of hydrogen-bond acceptors (Lipinski definition) is 4. The van der Waals surface area contributed by atoms with Gasteiger partial charge in [-0.05, 0) is 17.7 Å². The van der Waals surface area contributed by atoms with Gasteiger partial charge in [0.15, 0.2) is 23.3 Å². The van der Waals surface area contributed by atoms with Gasteiger partial charge in [0.1, 0.15) is 17.1 Å². The van der Waals surface area contributed by atoms with Crippen LogP contribution in [0.3, 0.4) is 0 Å². The SMILES string of the molecule is COc1ccc(CNC(=O)C2=NN(c3c(F)c(F)cc(F)c3F)C(=O)CC2)cc1. The van der Waals surface area contributed by atoms with Crippen LogP contribution in [0.15, 0.2) is 35.4 Å². The topological polar surface area (TPSA) is 71.0 Å². The highest BCUT2D eigenvalue weighted by atomic mass is 19.2. The van der Waals surface area contributed by atoms with Gasteiger partial charge in [0.25, 0.3) is 5.91 Å². The number of halogens is 4. The van der Waals surface area contributed by atoms with Crippen molar-refractivity contribution >= 4 is 23.2 Å². The van der Waals surface area contributed by atoms with E-state index in [1.807, 2.05) is 0 Å². The number of carbonyl (C=O) groups is 2. The van der Waals surface area contributed by atoms with Crippen LogP contribution < -0.4 is 15.1 Å². The van der Waals surface area contributed by atoms with Gasteiger partial charge in [-0.25, -0.2) is 17.6 Å². The average Bonchev–Trinajstić information content (AvgIpc) is 2.72. The van der Waals surface area contributed by atoms with Crippen LogP contribution in [0, 0.1) is 23.3 Å². The zero-order chi connectivity index (χ0) is 21.1. The fourth-order valence-corrected chi connectivity index (χ4v) is 2.67. The first kappa shape index (κ1) is 20.3. The smallest absolute Gasteiger partial charge is 0.267 e. The van der Waals surface area contributed by atoms with Crippen LogP contribution in [-0.2, 0) is 16.1 Å². The third-order valence-electron chi connectivity index (χ3n) is 4.21. The summed E-state index contributed by atoms with van der Waals surface area (Å²) in [5, 5.41) is 6.38. The fraction of sp³-hybridized carbons (Fsp3) is 0.211. The van der Waals surface area contributed by atoms with E-state index < -0.39 is 40.8 Å². The minimum absolute atomic E-state index is 0.0226. The number of anilines is 1. The van der Waals surface area contributed by atoms with E-state index in [4.69, 9.17) is 4.74 Å². The maximum atomic E-state index is 14.0. The van der Waals surface area contributed by atoms with Gasteiger partial charge in [-0.15, -0.1) is 0 Å². The van der Waals surface area contributed by atoms with Gasteiger partial charge in [0.05, 0.1) is 7.11 Å². The van der Waals surface area contributed by atoms with Gasteiger partial charge >= 0.3 is 0 Å². The number of nitrogens with zero attached hydrogens (tertiary/aromatic N) is 2. The molecule has 1 aliphatic heterocycles. The zero-order valence-corrected chi connectivity index (χ0v) is 15.1. The second kappa shape index (κ2) is 8.29. The third kappa shape index (κ3) is 4.20. The number of hydrazone groups is 1. The lowest BCUT2D eigenvalue weighted by molar-refractivity contribution is -0.119. The Balaban J connectivity index is 1.81. The third-order valence-corrected chi connectivity index (χ3v) is 4.21. The lowest BCUT2D eigenvalue weighted by atomic mass is 10.1. The molecule has 2 aromatic rings. The van der Waals surface area contributed by atoms with Crippen LogP contribution in [0.4, 0.5) is 23.2 Å². The average molecular weight is 409 g/mol. The normalized spacial score (nSPS) is 13.9. The van der Waals surface area contributed by atoms with Gasteiger partial charge in [0.2, 0.25) is 5.91 Å². The maximum absolute atomic E-state index is 14.0. The summed E-state index contributed by atoms with van der Waals surface area (Å²) < 4.78 is 60.0. The molecule has 0 aliphatic carbocycles. The van der Waals surface area contributed by atoms with E-state index in [0.717, 1.165) is 5.56 Å². The second-order valence-corrected chi connectivity index (χ2v) is 6.10. The molecule has 1 N–H and O–H groups in total. The molecule has 152 valence electrons. The van der Waals surface area contributed by atoms with Gasteiger partial charge in [-0.2, -0.15) is 10.1 Å². The highest BCUT2D eigenvalue weighted by molar-refractivity contribution is 6.40. The molecule has 0 saturated carbocycles. The molecule has 0 radical (unpaired) electrons. The Morgan fingerprint density at radius 2 is 1.72 bits per heavy atom. The van der Waals surface area contributed by atoms with E-state index in [-0.39, 0.29) is 36.2 Å². The summed E-state index contributed by atoms with van der Waals surface area (Å²) in [5.41, 5.74) is -0.762. The summed E-state index contributed by atoms with van der Waals surface area (Å²) >= 11 is 0. The Kier molecular flexibility index (Phi) is 5.81. The van der Waals surface area contributed by atoms with Gasteiger partial charge in [-0.1, -0.05) is 12.1 Å². The standard InChI is InChI=1S/C19H15F4N3O3/c1-29-11-4-2-10(3-5-11)9-24-19(28)14-6-7-15(27)26(25-14)18-16(22)12(20)8-13(21)17(18)23/h2-5,8H,6-7,9H2,1H3,(H,24,28).